The Hall–Kier alpha value is -0.530. The van der Waals surface area contributed by atoms with Gasteiger partial charge in [-0.15, -0.1) is 0 Å². The van der Waals surface area contributed by atoms with Gasteiger partial charge in [-0.3, -0.25) is 4.68 Å². The number of alkyl halides is 2. The second kappa shape index (κ2) is 7.16. The van der Waals surface area contributed by atoms with Crippen LogP contribution in [0, 0.1) is 0 Å². The molecule has 0 aliphatic rings. The van der Waals surface area contributed by atoms with Gasteiger partial charge in [-0.2, -0.15) is 5.10 Å². The van der Waals surface area contributed by atoms with Crippen LogP contribution in [0.4, 0.5) is 8.78 Å². The summed E-state index contributed by atoms with van der Waals surface area (Å²) in [4.78, 5) is 1.99. The molecule has 0 amide bonds. The number of likely N-dealkylation sites (N-methyl/N-ethyl adjacent to an activating group) is 1. The highest BCUT2D eigenvalue weighted by Crippen LogP contribution is 2.27. The van der Waals surface area contributed by atoms with Crippen molar-refractivity contribution < 1.29 is 8.78 Å². The number of nitrogens with zero attached hydrogens (tertiary/aromatic N) is 3. The van der Waals surface area contributed by atoms with E-state index in [0.717, 1.165) is 6.54 Å². The van der Waals surface area contributed by atoms with Gasteiger partial charge in [0.1, 0.15) is 6.04 Å². The zero-order chi connectivity index (χ0) is 13.7. The molecular formula is C11H19BrF2N4. The van der Waals surface area contributed by atoms with E-state index in [9.17, 15) is 8.78 Å². The predicted molar refractivity (Wildman–Crippen MR) is 70.9 cm³/mol. The summed E-state index contributed by atoms with van der Waals surface area (Å²) < 4.78 is 28.4. The third-order valence-corrected chi connectivity index (χ3v) is 3.17. The van der Waals surface area contributed by atoms with Gasteiger partial charge < -0.3 is 10.2 Å². The van der Waals surface area contributed by atoms with Gasteiger partial charge in [0.05, 0.1) is 22.9 Å². The van der Waals surface area contributed by atoms with Crippen LogP contribution in [0.15, 0.2) is 10.7 Å². The molecule has 1 N–H and O–H groups in total. The van der Waals surface area contributed by atoms with Crippen LogP contribution in [0.2, 0.25) is 0 Å². The molecule has 1 rings (SSSR count). The van der Waals surface area contributed by atoms with Crippen LogP contribution in [-0.2, 0) is 6.54 Å². The molecule has 0 fully saturated rings. The van der Waals surface area contributed by atoms with Crippen LogP contribution >= 0.6 is 15.9 Å². The van der Waals surface area contributed by atoms with Crippen molar-refractivity contribution in [2.24, 2.45) is 0 Å². The SMILES string of the molecule is CCNC(c1c(Br)cnn1CCN(C)C)C(F)F. The summed E-state index contributed by atoms with van der Waals surface area (Å²) in [5, 5.41) is 6.94. The van der Waals surface area contributed by atoms with E-state index in [2.05, 4.69) is 26.3 Å². The summed E-state index contributed by atoms with van der Waals surface area (Å²) in [6, 6.07) is -0.992. The maximum atomic E-state index is 13.1. The van der Waals surface area contributed by atoms with Crippen molar-refractivity contribution in [2.75, 3.05) is 27.2 Å². The van der Waals surface area contributed by atoms with Crippen LogP contribution in [0.25, 0.3) is 0 Å². The van der Waals surface area contributed by atoms with E-state index in [1.165, 1.54) is 0 Å². The first kappa shape index (κ1) is 15.5. The minimum absolute atomic E-state index is 0.486. The Kier molecular flexibility index (Phi) is 6.17. The highest BCUT2D eigenvalue weighted by molar-refractivity contribution is 9.10. The summed E-state index contributed by atoms with van der Waals surface area (Å²) in [6.07, 6.45) is -0.895. The van der Waals surface area contributed by atoms with Crippen LogP contribution in [-0.4, -0.2) is 48.3 Å². The quantitative estimate of drug-likeness (QED) is 0.834. The first-order valence-corrected chi connectivity index (χ1v) is 6.64. The van der Waals surface area contributed by atoms with Crippen LogP contribution in [0.3, 0.4) is 0 Å². The van der Waals surface area contributed by atoms with E-state index < -0.39 is 12.5 Å². The Morgan fingerprint density at radius 2 is 2.17 bits per heavy atom. The Labute approximate surface area is 114 Å². The lowest BCUT2D eigenvalue weighted by molar-refractivity contribution is 0.0944. The molecule has 0 radical (unpaired) electrons. The van der Waals surface area contributed by atoms with Gasteiger partial charge in [0, 0.05) is 6.54 Å². The van der Waals surface area contributed by atoms with Crippen molar-refractivity contribution in [3.05, 3.63) is 16.4 Å². The molecule has 0 saturated carbocycles. The molecule has 104 valence electrons. The molecule has 1 unspecified atom stereocenters. The standard InChI is InChI=1S/C11H19BrF2N4/c1-4-15-9(11(13)14)10-8(12)7-16-18(10)6-5-17(2)3/h7,9,11,15H,4-6H2,1-3H3. The van der Waals surface area contributed by atoms with Crippen molar-refractivity contribution in [3.8, 4) is 0 Å². The summed E-state index contributed by atoms with van der Waals surface area (Å²) in [5.74, 6) is 0. The van der Waals surface area contributed by atoms with E-state index in [1.807, 2.05) is 25.9 Å². The number of hydrogen-bond donors (Lipinski definition) is 1. The summed E-state index contributed by atoms with van der Waals surface area (Å²) in [6.45, 7) is 3.63. The molecule has 18 heavy (non-hydrogen) atoms. The molecule has 4 nitrogen and oxygen atoms in total. The van der Waals surface area contributed by atoms with Gasteiger partial charge in [0.15, 0.2) is 0 Å². The second-order valence-electron chi connectivity index (χ2n) is 4.27. The highest BCUT2D eigenvalue weighted by Gasteiger charge is 2.27. The van der Waals surface area contributed by atoms with E-state index in [-0.39, 0.29) is 0 Å². The zero-order valence-corrected chi connectivity index (χ0v) is 12.4. The Morgan fingerprint density at radius 1 is 1.50 bits per heavy atom. The molecule has 0 bridgehead atoms. The summed E-state index contributed by atoms with van der Waals surface area (Å²) >= 11 is 3.29. The van der Waals surface area contributed by atoms with Crippen LogP contribution < -0.4 is 5.32 Å². The fourth-order valence-corrected chi connectivity index (χ4v) is 2.22. The van der Waals surface area contributed by atoms with Gasteiger partial charge >= 0.3 is 0 Å². The van der Waals surface area contributed by atoms with E-state index in [4.69, 9.17) is 0 Å². The fourth-order valence-electron chi connectivity index (χ4n) is 1.68. The second-order valence-corrected chi connectivity index (χ2v) is 5.13. The normalized spacial score (nSPS) is 13.6. The molecule has 0 saturated heterocycles. The molecule has 0 aromatic carbocycles. The van der Waals surface area contributed by atoms with Gasteiger partial charge in [-0.25, -0.2) is 8.78 Å². The fraction of sp³-hybridized carbons (Fsp3) is 0.727. The number of nitrogens with one attached hydrogen (secondary N) is 1. The Balaban J connectivity index is 2.93. The van der Waals surface area contributed by atoms with Gasteiger partial charge in [-0.05, 0) is 36.6 Å². The minimum Gasteiger partial charge on any atom is -0.308 e. The smallest absolute Gasteiger partial charge is 0.259 e. The molecule has 1 aromatic rings. The largest absolute Gasteiger partial charge is 0.308 e. The van der Waals surface area contributed by atoms with Crippen molar-refractivity contribution >= 4 is 15.9 Å². The Morgan fingerprint density at radius 3 is 2.67 bits per heavy atom. The maximum absolute atomic E-state index is 13.1. The molecule has 1 aromatic heterocycles. The average molecular weight is 325 g/mol. The van der Waals surface area contributed by atoms with Gasteiger partial charge in [0.2, 0.25) is 0 Å². The molecule has 0 aliphatic heterocycles. The van der Waals surface area contributed by atoms with Gasteiger partial charge in [-0.1, -0.05) is 6.92 Å². The number of halogens is 3. The molecule has 0 aliphatic carbocycles. The summed E-state index contributed by atoms with van der Waals surface area (Å²) in [7, 11) is 3.88. The number of aromatic nitrogens is 2. The lowest BCUT2D eigenvalue weighted by atomic mass is 10.2. The van der Waals surface area contributed by atoms with E-state index in [1.54, 1.807) is 10.9 Å². The third kappa shape index (κ3) is 4.00. The maximum Gasteiger partial charge on any atom is 0.259 e. The molecule has 1 heterocycles. The van der Waals surface area contributed by atoms with E-state index >= 15 is 0 Å². The van der Waals surface area contributed by atoms with Crippen LogP contribution in [0.1, 0.15) is 18.7 Å². The third-order valence-electron chi connectivity index (χ3n) is 2.56. The lowest BCUT2D eigenvalue weighted by Gasteiger charge is -2.20. The zero-order valence-electron chi connectivity index (χ0n) is 10.8. The first-order chi connectivity index (χ1) is 8.47. The lowest BCUT2D eigenvalue weighted by Crippen LogP contribution is -2.31. The molecule has 1 atom stereocenters. The Bertz CT molecular complexity index is 368. The topological polar surface area (TPSA) is 33.1 Å². The molecular weight excluding hydrogens is 306 g/mol. The van der Waals surface area contributed by atoms with Crippen molar-refractivity contribution in [2.45, 2.75) is 25.9 Å². The van der Waals surface area contributed by atoms with Crippen molar-refractivity contribution in [1.29, 1.82) is 0 Å². The highest BCUT2D eigenvalue weighted by atomic mass is 79.9. The van der Waals surface area contributed by atoms with Crippen molar-refractivity contribution in [1.82, 2.24) is 20.0 Å². The molecule has 0 spiro atoms. The molecule has 7 heteroatoms. The number of rotatable bonds is 7. The van der Waals surface area contributed by atoms with Crippen LogP contribution in [0.5, 0.6) is 0 Å². The summed E-state index contributed by atoms with van der Waals surface area (Å²) in [5.41, 5.74) is 0.508. The van der Waals surface area contributed by atoms with Crippen molar-refractivity contribution in [3.63, 3.8) is 0 Å². The van der Waals surface area contributed by atoms with E-state index in [0.29, 0.717) is 23.3 Å². The van der Waals surface area contributed by atoms with Gasteiger partial charge in [0.25, 0.3) is 6.43 Å². The predicted octanol–water partition coefficient (Wildman–Crippen LogP) is 2.12. The first-order valence-electron chi connectivity index (χ1n) is 5.84. The monoisotopic (exact) mass is 324 g/mol. The minimum atomic E-state index is -2.46. The average Bonchev–Trinajstić information content (AvgIpc) is 2.64. The number of hydrogen-bond acceptors (Lipinski definition) is 3.